The largest absolute Gasteiger partial charge is 0.423 e. The molecule has 0 bridgehead atoms. The molecule has 2 aromatic carbocycles. The molecule has 3 aromatic rings. The molecule has 0 unspecified atom stereocenters. The zero-order valence-corrected chi connectivity index (χ0v) is 15.7. The van der Waals surface area contributed by atoms with E-state index in [2.05, 4.69) is 0 Å². The lowest BCUT2D eigenvalue weighted by atomic mass is 10.1. The van der Waals surface area contributed by atoms with Gasteiger partial charge in [0.15, 0.2) is 0 Å². The topological polar surface area (TPSA) is 93.9 Å². The molecule has 0 aliphatic rings. The minimum atomic E-state index is -3.68. The van der Waals surface area contributed by atoms with E-state index >= 15 is 0 Å². The van der Waals surface area contributed by atoms with Gasteiger partial charge in [0.25, 0.3) is 0 Å². The van der Waals surface area contributed by atoms with Crippen LogP contribution in [0.15, 0.2) is 62.6 Å². The summed E-state index contributed by atoms with van der Waals surface area (Å²) in [5.74, 6) is -0.525. The summed E-state index contributed by atoms with van der Waals surface area (Å²) in [5.41, 5.74) is 0.481. The first-order valence-corrected chi connectivity index (χ1v) is 9.42. The molecule has 1 heterocycles. The second-order valence-electron chi connectivity index (χ2n) is 6.11. The third kappa shape index (κ3) is 3.76. The van der Waals surface area contributed by atoms with Gasteiger partial charge in [-0.3, -0.25) is 0 Å². The molecule has 7 nitrogen and oxygen atoms in total. The van der Waals surface area contributed by atoms with E-state index in [1.807, 2.05) is 0 Å². The predicted molar refractivity (Wildman–Crippen MR) is 99.5 cm³/mol. The number of esters is 1. The minimum absolute atomic E-state index is 0.00504. The lowest BCUT2D eigenvalue weighted by Gasteiger charge is -2.13. The summed E-state index contributed by atoms with van der Waals surface area (Å²) in [6.07, 6.45) is 0. The van der Waals surface area contributed by atoms with Gasteiger partial charge in [-0.1, -0.05) is 6.07 Å². The SMILES string of the molecule is Cc1ccc(S(=O)(=O)N(C)C)cc1C(=O)Oc1ccc2ccc(=O)oc2c1. The fourth-order valence-electron chi connectivity index (χ4n) is 2.46. The van der Waals surface area contributed by atoms with Crippen molar-refractivity contribution in [3.05, 3.63) is 70.1 Å². The molecule has 0 saturated carbocycles. The fourth-order valence-corrected chi connectivity index (χ4v) is 3.39. The summed E-state index contributed by atoms with van der Waals surface area (Å²) in [6, 6.07) is 11.8. The average molecular weight is 387 g/mol. The second kappa shape index (κ2) is 6.98. The maximum Gasteiger partial charge on any atom is 0.343 e. The number of benzene rings is 2. The first kappa shape index (κ1) is 18.8. The van der Waals surface area contributed by atoms with Gasteiger partial charge in [0.05, 0.1) is 10.5 Å². The van der Waals surface area contributed by atoms with E-state index in [1.54, 1.807) is 31.2 Å². The molecule has 0 amide bonds. The minimum Gasteiger partial charge on any atom is -0.423 e. The molecule has 1 aromatic heterocycles. The van der Waals surface area contributed by atoms with E-state index in [1.165, 1.54) is 38.4 Å². The Morgan fingerprint density at radius 3 is 2.44 bits per heavy atom. The van der Waals surface area contributed by atoms with Gasteiger partial charge in [0, 0.05) is 31.6 Å². The van der Waals surface area contributed by atoms with Crippen LogP contribution in [0.25, 0.3) is 11.0 Å². The molecule has 0 radical (unpaired) electrons. The summed E-state index contributed by atoms with van der Waals surface area (Å²) < 4.78 is 36.1. The van der Waals surface area contributed by atoms with Crippen LogP contribution in [-0.2, 0) is 10.0 Å². The van der Waals surface area contributed by atoms with Gasteiger partial charge in [-0.25, -0.2) is 22.3 Å². The Balaban J connectivity index is 1.95. The van der Waals surface area contributed by atoms with Crippen molar-refractivity contribution in [2.45, 2.75) is 11.8 Å². The molecule has 0 aliphatic carbocycles. The maximum absolute atomic E-state index is 12.6. The number of rotatable bonds is 4. The zero-order chi connectivity index (χ0) is 19.8. The van der Waals surface area contributed by atoms with Crippen molar-refractivity contribution in [3.8, 4) is 5.75 Å². The molecule has 0 saturated heterocycles. The number of hydrogen-bond donors (Lipinski definition) is 0. The molecule has 0 aliphatic heterocycles. The van der Waals surface area contributed by atoms with Crippen LogP contribution < -0.4 is 10.4 Å². The number of fused-ring (bicyclic) bond motifs is 1. The quantitative estimate of drug-likeness (QED) is 0.388. The molecule has 3 rings (SSSR count). The molecule has 27 heavy (non-hydrogen) atoms. The highest BCUT2D eigenvalue weighted by Gasteiger charge is 2.21. The van der Waals surface area contributed by atoms with Gasteiger partial charge in [0.2, 0.25) is 10.0 Å². The third-order valence-electron chi connectivity index (χ3n) is 4.01. The van der Waals surface area contributed by atoms with Crippen LogP contribution in [-0.4, -0.2) is 32.8 Å². The van der Waals surface area contributed by atoms with Crippen LogP contribution in [0.5, 0.6) is 5.75 Å². The van der Waals surface area contributed by atoms with E-state index in [4.69, 9.17) is 9.15 Å². The van der Waals surface area contributed by atoms with Crippen molar-refractivity contribution in [2.24, 2.45) is 0 Å². The van der Waals surface area contributed by atoms with E-state index in [0.29, 0.717) is 10.9 Å². The van der Waals surface area contributed by atoms with Crippen molar-refractivity contribution in [1.82, 2.24) is 4.31 Å². The fraction of sp³-hybridized carbons (Fsp3) is 0.158. The summed E-state index contributed by atoms with van der Waals surface area (Å²) in [7, 11) is -0.855. The first-order chi connectivity index (χ1) is 12.7. The summed E-state index contributed by atoms with van der Waals surface area (Å²) >= 11 is 0. The number of hydrogen-bond acceptors (Lipinski definition) is 6. The van der Waals surface area contributed by atoms with Crippen molar-refractivity contribution in [1.29, 1.82) is 0 Å². The number of carbonyl (C=O) groups is 1. The smallest absolute Gasteiger partial charge is 0.343 e. The first-order valence-electron chi connectivity index (χ1n) is 7.98. The molecule has 8 heteroatoms. The van der Waals surface area contributed by atoms with Crippen LogP contribution in [0.3, 0.4) is 0 Å². The van der Waals surface area contributed by atoms with Crippen molar-refractivity contribution < 1.29 is 22.4 Å². The van der Waals surface area contributed by atoms with Gasteiger partial charge in [0.1, 0.15) is 11.3 Å². The van der Waals surface area contributed by atoms with Gasteiger partial charge >= 0.3 is 11.6 Å². The highest BCUT2D eigenvalue weighted by atomic mass is 32.2. The van der Waals surface area contributed by atoms with Crippen LogP contribution in [0.2, 0.25) is 0 Å². The van der Waals surface area contributed by atoms with Gasteiger partial charge in [-0.05, 0) is 42.8 Å². The Morgan fingerprint density at radius 2 is 1.74 bits per heavy atom. The maximum atomic E-state index is 12.6. The monoisotopic (exact) mass is 387 g/mol. The standard InChI is InChI=1S/C19H17NO6S/c1-12-4-8-15(27(23,24)20(2)3)11-16(12)19(22)25-14-7-5-13-6-9-18(21)26-17(13)10-14/h4-11H,1-3H3. The van der Waals surface area contributed by atoms with Crippen molar-refractivity contribution in [2.75, 3.05) is 14.1 Å². The number of sulfonamides is 1. The Bertz CT molecular complexity index is 1190. The molecule has 0 N–H and O–H groups in total. The van der Waals surface area contributed by atoms with Crippen molar-refractivity contribution in [3.63, 3.8) is 0 Å². The van der Waals surface area contributed by atoms with Crippen LogP contribution in [0.4, 0.5) is 0 Å². The van der Waals surface area contributed by atoms with Gasteiger partial charge in [-0.2, -0.15) is 0 Å². The Kier molecular flexibility index (Phi) is 4.86. The van der Waals surface area contributed by atoms with Crippen LogP contribution in [0, 0.1) is 6.92 Å². The second-order valence-corrected chi connectivity index (χ2v) is 8.26. The Morgan fingerprint density at radius 1 is 1.04 bits per heavy atom. The third-order valence-corrected chi connectivity index (χ3v) is 5.82. The Labute approximate surface area is 155 Å². The summed E-state index contributed by atoms with van der Waals surface area (Å²) in [4.78, 5) is 23.9. The highest BCUT2D eigenvalue weighted by Crippen LogP contribution is 2.23. The summed E-state index contributed by atoms with van der Waals surface area (Å²) in [5, 5.41) is 0.685. The zero-order valence-electron chi connectivity index (χ0n) is 14.9. The molecular formula is C19H17NO6S. The van der Waals surface area contributed by atoms with Gasteiger partial charge in [-0.15, -0.1) is 0 Å². The average Bonchev–Trinajstić information content (AvgIpc) is 2.61. The Hall–Kier alpha value is -2.97. The normalized spacial score (nSPS) is 11.7. The lowest BCUT2D eigenvalue weighted by molar-refractivity contribution is 0.0734. The molecule has 0 fully saturated rings. The molecule has 0 spiro atoms. The number of aryl methyl sites for hydroxylation is 1. The molecule has 0 atom stereocenters. The van der Waals surface area contributed by atoms with E-state index in [9.17, 15) is 18.0 Å². The van der Waals surface area contributed by atoms with E-state index in [0.717, 1.165) is 4.31 Å². The molecule has 140 valence electrons. The van der Waals surface area contributed by atoms with E-state index < -0.39 is 21.6 Å². The lowest BCUT2D eigenvalue weighted by Crippen LogP contribution is -2.23. The van der Waals surface area contributed by atoms with Crippen LogP contribution in [0.1, 0.15) is 15.9 Å². The van der Waals surface area contributed by atoms with Crippen LogP contribution >= 0.6 is 0 Å². The number of ether oxygens (including phenoxy) is 1. The highest BCUT2D eigenvalue weighted by molar-refractivity contribution is 7.89. The molecular weight excluding hydrogens is 370 g/mol. The number of nitrogens with zero attached hydrogens (tertiary/aromatic N) is 1. The number of carbonyl (C=O) groups excluding carboxylic acids is 1. The van der Waals surface area contributed by atoms with Crippen molar-refractivity contribution >= 4 is 27.0 Å². The predicted octanol–water partition coefficient (Wildman–Crippen LogP) is 2.57. The van der Waals surface area contributed by atoms with E-state index in [-0.39, 0.29) is 21.8 Å². The summed E-state index contributed by atoms with van der Waals surface area (Å²) in [6.45, 7) is 1.68. The van der Waals surface area contributed by atoms with Gasteiger partial charge < -0.3 is 9.15 Å².